The summed E-state index contributed by atoms with van der Waals surface area (Å²) in [6.07, 6.45) is 5.31. The summed E-state index contributed by atoms with van der Waals surface area (Å²) < 4.78 is 2.03. The van der Waals surface area contributed by atoms with Crippen molar-refractivity contribution < 1.29 is 14.7 Å². The van der Waals surface area contributed by atoms with Crippen molar-refractivity contribution >= 4 is 40.0 Å². The largest absolute Gasteiger partial charge is 0.478 e. The van der Waals surface area contributed by atoms with Gasteiger partial charge in [0.25, 0.3) is 0 Å². The minimum absolute atomic E-state index is 0.0286. The fraction of sp³-hybridized carbons (Fsp3) is 0.154. The zero-order chi connectivity index (χ0) is 24.6. The summed E-state index contributed by atoms with van der Waals surface area (Å²) in [7, 11) is 0. The number of fused-ring (bicyclic) bond motifs is 1. The molecule has 0 radical (unpaired) electrons. The zero-order valence-corrected chi connectivity index (χ0v) is 19.7. The Bertz CT molecular complexity index is 1450. The summed E-state index contributed by atoms with van der Waals surface area (Å²) in [6, 6.07) is 12.3. The number of aromatic nitrogens is 3. The van der Waals surface area contributed by atoms with Crippen molar-refractivity contribution in [3.63, 3.8) is 0 Å². The number of rotatable bonds is 6. The van der Waals surface area contributed by atoms with Gasteiger partial charge < -0.3 is 15.4 Å². The predicted octanol–water partition coefficient (Wildman–Crippen LogP) is 5.34. The number of carboxylic acids is 1. The van der Waals surface area contributed by atoms with Gasteiger partial charge >= 0.3 is 5.97 Å². The molecule has 0 bridgehead atoms. The van der Waals surface area contributed by atoms with Crippen molar-refractivity contribution in [1.29, 1.82) is 0 Å². The van der Waals surface area contributed by atoms with Crippen LogP contribution in [0.2, 0.25) is 5.02 Å². The van der Waals surface area contributed by atoms with E-state index in [2.05, 4.69) is 9.97 Å². The molecule has 8 heteroatoms. The Morgan fingerprint density at radius 3 is 2.47 bits per heavy atom. The number of nitrogens with two attached hydrogens (primary N) is 1. The van der Waals surface area contributed by atoms with Crippen LogP contribution in [0.25, 0.3) is 27.7 Å². The number of hydrogen-bond donors (Lipinski definition) is 2. The lowest BCUT2D eigenvalue weighted by molar-refractivity contribution is -0.111. The van der Waals surface area contributed by atoms with E-state index in [1.165, 1.54) is 13.0 Å². The van der Waals surface area contributed by atoms with Gasteiger partial charge in [-0.2, -0.15) is 0 Å². The molecule has 3 aromatic heterocycles. The van der Waals surface area contributed by atoms with Crippen LogP contribution in [-0.4, -0.2) is 31.4 Å². The van der Waals surface area contributed by atoms with E-state index in [1.807, 2.05) is 42.0 Å². The summed E-state index contributed by atoms with van der Waals surface area (Å²) >= 11 is 6.25. The first-order chi connectivity index (χ1) is 16.2. The molecule has 0 aliphatic heterocycles. The van der Waals surface area contributed by atoms with E-state index in [1.54, 1.807) is 31.5 Å². The highest BCUT2D eigenvalue weighted by molar-refractivity contribution is 6.33. The molecule has 3 heterocycles. The molecule has 34 heavy (non-hydrogen) atoms. The van der Waals surface area contributed by atoms with Crippen LogP contribution in [-0.2, 0) is 4.79 Å². The second-order valence-corrected chi connectivity index (χ2v) is 8.49. The fourth-order valence-electron chi connectivity index (χ4n) is 4.13. The highest BCUT2D eigenvalue weighted by Crippen LogP contribution is 2.36. The first-order valence-corrected chi connectivity index (χ1v) is 11.0. The monoisotopic (exact) mass is 474 g/mol. The van der Waals surface area contributed by atoms with E-state index >= 15 is 0 Å². The highest BCUT2D eigenvalue weighted by Gasteiger charge is 2.21. The Morgan fingerprint density at radius 1 is 1.12 bits per heavy atom. The third-order valence-electron chi connectivity index (χ3n) is 5.75. The molecule has 0 unspecified atom stereocenters. The van der Waals surface area contributed by atoms with Crippen LogP contribution >= 0.6 is 11.6 Å². The predicted molar refractivity (Wildman–Crippen MR) is 133 cm³/mol. The Hall–Kier alpha value is -3.97. The van der Waals surface area contributed by atoms with E-state index in [-0.39, 0.29) is 22.4 Å². The molecule has 0 saturated carbocycles. The van der Waals surface area contributed by atoms with Crippen LogP contribution < -0.4 is 5.73 Å². The maximum Gasteiger partial charge on any atom is 0.337 e. The third kappa shape index (κ3) is 4.18. The summed E-state index contributed by atoms with van der Waals surface area (Å²) in [5, 5.41) is 9.46. The van der Waals surface area contributed by atoms with E-state index in [0.717, 1.165) is 22.3 Å². The highest BCUT2D eigenvalue weighted by atomic mass is 35.5. The number of nitrogens with zero attached hydrogens (tertiary/aromatic N) is 3. The summed E-state index contributed by atoms with van der Waals surface area (Å²) in [6.45, 7) is 5.19. The zero-order valence-electron chi connectivity index (χ0n) is 18.9. The number of benzene rings is 1. The lowest BCUT2D eigenvalue weighted by Gasteiger charge is -2.15. The first kappa shape index (κ1) is 23.2. The number of carbonyl (C=O) groups excluding carboxylic acids is 1. The van der Waals surface area contributed by atoms with Gasteiger partial charge in [-0.25, -0.2) is 4.79 Å². The minimum atomic E-state index is -1.09. The maximum absolute atomic E-state index is 12.3. The minimum Gasteiger partial charge on any atom is -0.478 e. The van der Waals surface area contributed by atoms with E-state index in [9.17, 15) is 14.7 Å². The van der Waals surface area contributed by atoms with Gasteiger partial charge in [-0.15, -0.1) is 0 Å². The smallest absolute Gasteiger partial charge is 0.337 e. The molecule has 3 N–H and O–H groups in total. The number of ketones is 1. The molecule has 1 aromatic carbocycles. The number of aromatic carboxylic acids is 1. The fourth-order valence-corrected chi connectivity index (χ4v) is 4.39. The van der Waals surface area contributed by atoms with E-state index in [4.69, 9.17) is 17.3 Å². The van der Waals surface area contributed by atoms with Gasteiger partial charge in [0.05, 0.1) is 33.4 Å². The molecule has 0 fully saturated rings. The topological polar surface area (TPSA) is 111 Å². The molecule has 0 saturated heterocycles. The van der Waals surface area contributed by atoms with Gasteiger partial charge in [0.15, 0.2) is 5.78 Å². The second-order valence-electron chi connectivity index (χ2n) is 8.09. The summed E-state index contributed by atoms with van der Waals surface area (Å²) in [5.41, 5.74) is 11.3. The van der Waals surface area contributed by atoms with Gasteiger partial charge in [0.2, 0.25) is 0 Å². The van der Waals surface area contributed by atoms with Crippen molar-refractivity contribution in [2.24, 2.45) is 5.73 Å². The molecular formula is C26H23ClN4O3. The van der Waals surface area contributed by atoms with E-state index < -0.39 is 5.97 Å². The molecule has 0 aliphatic carbocycles. The summed E-state index contributed by atoms with van der Waals surface area (Å²) in [4.78, 5) is 32.8. The van der Waals surface area contributed by atoms with Crippen molar-refractivity contribution in [3.05, 3.63) is 88.6 Å². The molecule has 172 valence electrons. The maximum atomic E-state index is 12.3. The van der Waals surface area contributed by atoms with Gasteiger partial charge in [0, 0.05) is 41.0 Å². The van der Waals surface area contributed by atoms with Gasteiger partial charge in [0.1, 0.15) is 0 Å². The average molecular weight is 475 g/mol. The SMILES string of the molecule is CC(=O)C(=C(C)N)c1cnc2c(-c3ccc(C(=O)O)c(Cl)c3)cn([C@@H](C)c3ccccn3)c2c1. The summed E-state index contributed by atoms with van der Waals surface area (Å²) in [5.74, 6) is -1.24. The molecule has 4 aromatic rings. The lowest BCUT2D eigenvalue weighted by atomic mass is 10.0. The Morgan fingerprint density at radius 2 is 1.88 bits per heavy atom. The van der Waals surface area contributed by atoms with Gasteiger partial charge in [-0.05, 0) is 56.7 Å². The van der Waals surface area contributed by atoms with Crippen LogP contribution in [0.4, 0.5) is 0 Å². The van der Waals surface area contributed by atoms with Crippen molar-refractivity contribution in [2.75, 3.05) is 0 Å². The van der Waals surface area contributed by atoms with Crippen LogP contribution in [0, 0.1) is 0 Å². The molecule has 1 atom stereocenters. The molecular weight excluding hydrogens is 452 g/mol. The van der Waals surface area contributed by atoms with Crippen molar-refractivity contribution in [1.82, 2.24) is 14.5 Å². The number of carbonyl (C=O) groups is 2. The molecule has 0 aliphatic rings. The lowest BCUT2D eigenvalue weighted by Crippen LogP contribution is -2.08. The number of carboxylic acid groups (broad SMARTS) is 1. The van der Waals surface area contributed by atoms with Crippen molar-refractivity contribution in [2.45, 2.75) is 26.8 Å². The normalized spacial score (nSPS) is 12.9. The Labute approximate surface area is 201 Å². The number of allylic oxidation sites excluding steroid dienone is 2. The molecule has 7 nitrogen and oxygen atoms in total. The van der Waals surface area contributed by atoms with Crippen LogP contribution in [0.15, 0.2) is 66.8 Å². The van der Waals surface area contributed by atoms with Gasteiger partial charge in [-0.1, -0.05) is 23.7 Å². The standard InChI is InChI=1S/C26H23ClN4O3/c1-14(28)24(16(3)32)18-11-23-25(30-12-18)20(17-7-8-19(26(33)34)21(27)10-17)13-31(23)15(2)22-6-4-5-9-29-22/h4-13,15H,28H2,1-3H3,(H,33,34)/t15-/m0/s1. The third-order valence-corrected chi connectivity index (χ3v) is 6.06. The Kier molecular flexibility index (Phi) is 6.22. The van der Waals surface area contributed by atoms with Crippen LogP contribution in [0.3, 0.4) is 0 Å². The quantitative estimate of drug-likeness (QED) is 0.365. The van der Waals surface area contributed by atoms with Gasteiger partial charge in [-0.3, -0.25) is 14.8 Å². The number of halogens is 1. The van der Waals surface area contributed by atoms with Crippen LogP contribution in [0.1, 0.15) is 48.4 Å². The van der Waals surface area contributed by atoms with Crippen LogP contribution in [0.5, 0.6) is 0 Å². The average Bonchev–Trinajstić information content (AvgIpc) is 3.17. The number of pyridine rings is 2. The number of Topliss-reactive ketones (excluding diaryl/α,β-unsaturated/α-hetero) is 1. The van der Waals surface area contributed by atoms with Crippen molar-refractivity contribution in [3.8, 4) is 11.1 Å². The molecule has 0 amide bonds. The molecule has 0 spiro atoms. The Balaban J connectivity index is 1.98. The number of hydrogen-bond acceptors (Lipinski definition) is 5. The van der Waals surface area contributed by atoms with E-state index in [0.29, 0.717) is 22.4 Å². The first-order valence-electron chi connectivity index (χ1n) is 10.6. The molecule has 4 rings (SSSR count). The second kappa shape index (κ2) is 9.11.